The van der Waals surface area contributed by atoms with Gasteiger partial charge in [0.1, 0.15) is 0 Å². The summed E-state index contributed by atoms with van der Waals surface area (Å²) in [6, 6.07) is 9.36. The highest BCUT2D eigenvalue weighted by atomic mass is 16.5. The minimum Gasteiger partial charge on any atom is -0.378 e. The van der Waals surface area contributed by atoms with E-state index in [-0.39, 0.29) is 0 Å². The molecule has 14 heavy (non-hydrogen) atoms. The van der Waals surface area contributed by atoms with E-state index in [1.807, 2.05) is 0 Å². The average Bonchev–Trinajstić information content (AvgIpc) is 2.10. The molecular weight excluding hydrogens is 174 g/mol. The van der Waals surface area contributed by atoms with E-state index in [0.717, 1.165) is 25.7 Å². The molecule has 0 saturated carbocycles. The summed E-state index contributed by atoms with van der Waals surface area (Å²) in [6.07, 6.45) is 1.25. The van der Waals surface area contributed by atoms with Crippen LogP contribution in [0.1, 0.15) is 17.0 Å². The molecule has 1 aliphatic heterocycles. The first-order valence-corrected chi connectivity index (χ1v) is 5.32. The van der Waals surface area contributed by atoms with Crippen molar-refractivity contribution in [2.75, 3.05) is 19.8 Å². The lowest BCUT2D eigenvalue weighted by molar-refractivity contribution is -0.00568. The predicted molar refractivity (Wildman–Crippen MR) is 55.5 cm³/mol. The van der Waals surface area contributed by atoms with Gasteiger partial charge in [-0.3, -0.25) is 0 Å². The van der Waals surface area contributed by atoms with Crippen molar-refractivity contribution >= 4 is 0 Å². The van der Waals surface area contributed by atoms with Crippen LogP contribution >= 0.6 is 0 Å². The lowest BCUT2D eigenvalue weighted by Gasteiger charge is -2.34. The summed E-state index contributed by atoms with van der Waals surface area (Å²) in [5.41, 5.74) is 3.07. The SMILES string of the molecule is c1ccc2c(c1)CC2CNC1COC1. The van der Waals surface area contributed by atoms with E-state index < -0.39 is 0 Å². The van der Waals surface area contributed by atoms with Gasteiger partial charge in [0.2, 0.25) is 0 Å². The molecule has 1 atom stereocenters. The molecule has 1 aliphatic carbocycles. The maximum Gasteiger partial charge on any atom is 0.0643 e. The van der Waals surface area contributed by atoms with Crippen molar-refractivity contribution in [3.8, 4) is 0 Å². The second-order valence-corrected chi connectivity index (χ2v) is 4.24. The number of ether oxygens (including phenoxy) is 1. The summed E-state index contributed by atoms with van der Waals surface area (Å²) in [6.45, 7) is 2.91. The second kappa shape index (κ2) is 3.37. The Hall–Kier alpha value is -0.860. The topological polar surface area (TPSA) is 21.3 Å². The van der Waals surface area contributed by atoms with Gasteiger partial charge in [-0.15, -0.1) is 0 Å². The Bertz CT molecular complexity index is 333. The molecule has 2 heteroatoms. The zero-order valence-electron chi connectivity index (χ0n) is 8.20. The Balaban J connectivity index is 1.57. The summed E-state index contributed by atoms with van der Waals surface area (Å²) < 4.78 is 5.13. The van der Waals surface area contributed by atoms with Crippen LogP contribution in [0.4, 0.5) is 0 Å². The van der Waals surface area contributed by atoms with Gasteiger partial charge in [0.25, 0.3) is 0 Å². The van der Waals surface area contributed by atoms with E-state index in [4.69, 9.17) is 4.74 Å². The van der Waals surface area contributed by atoms with Gasteiger partial charge in [0.15, 0.2) is 0 Å². The van der Waals surface area contributed by atoms with Crippen molar-refractivity contribution in [1.82, 2.24) is 5.32 Å². The van der Waals surface area contributed by atoms with Crippen molar-refractivity contribution < 1.29 is 4.74 Å². The Morgan fingerprint density at radius 2 is 2.14 bits per heavy atom. The first-order chi connectivity index (χ1) is 6.93. The average molecular weight is 189 g/mol. The van der Waals surface area contributed by atoms with Crippen LogP contribution in [0.2, 0.25) is 0 Å². The molecule has 1 aromatic carbocycles. The number of nitrogens with one attached hydrogen (secondary N) is 1. The van der Waals surface area contributed by atoms with E-state index in [1.165, 1.54) is 12.0 Å². The van der Waals surface area contributed by atoms with Gasteiger partial charge >= 0.3 is 0 Å². The third-order valence-corrected chi connectivity index (χ3v) is 3.25. The summed E-state index contributed by atoms with van der Waals surface area (Å²) in [4.78, 5) is 0. The fourth-order valence-electron chi connectivity index (χ4n) is 2.21. The minimum absolute atomic E-state index is 0.614. The summed E-state index contributed by atoms with van der Waals surface area (Å²) in [5, 5.41) is 3.54. The molecule has 3 rings (SSSR count). The molecule has 0 amide bonds. The van der Waals surface area contributed by atoms with Crippen LogP contribution in [0, 0.1) is 0 Å². The highest BCUT2D eigenvalue weighted by molar-refractivity contribution is 5.40. The Labute approximate surface area is 84.3 Å². The standard InChI is InChI=1S/C12H15NO/c1-2-4-12-9(3-1)5-10(12)6-13-11-7-14-8-11/h1-4,10-11,13H,5-8H2. The van der Waals surface area contributed by atoms with Crippen LogP contribution in [0.25, 0.3) is 0 Å². The summed E-state index contributed by atoms with van der Waals surface area (Å²) in [5.74, 6) is 0.742. The molecule has 1 saturated heterocycles. The van der Waals surface area contributed by atoms with Crippen LogP contribution in [-0.4, -0.2) is 25.8 Å². The largest absolute Gasteiger partial charge is 0.378 e. The third kappa shape index (κ3) is 1.35. The molecule has 1 aromatic rings. The molecule has 0 bridgehead atoms. The predicted octanol–water partition coefficient (Wildman–Crippen LogP) is 1.31. The maximum atomic E-state index is 5.13. The number of benzene rings is 1. The number of rotatable bonds is 3. The zero-order valence-corrected chi connectivity index (χ0v) is 8.20. The van der Waals surface area contributed by atoms with E-state index in [1.54, 1.807) is 5.56 Å². The maximum absolute atomic E-state index is 5.13. The quantitative estimate of drug-likeness (QED) is 0.774. The fraction of sp³-hybridized carbons (Fsp3) is 0.500. The molecule has 74 valence electrons. The van der Waals surface area contributed by atoms with Crippen molar-refractivity contribution in [2.45, 2.75) is 18.4 Å². The van der Waals surface area contributed by atoms with E-state index >= 15 is 0 Å². The smallest absolute Gasteiger partial charge is 0.0643 e. The first-order valence-electron chi connectivity index (χ1n) is 5.32. The molecule has 1 unspecified atom stereocenters. The van der Waals surface area contributed by atoms with E-state index in [2.05, 4.69) is 29.6 Å². The van der Waals surface area contributed by atoms with Gasteiger partial charge in [-0.1, -0.05) is 24.3 Å². The second-order valence-electron chi connectivity index (χ2n) is 4.24. The summed E-state index contributed by atoms with van der Waals surface area (Å²) in [7, 11) is 0. The highest BCUT2D eigenvalue weighted by Crippen LogP contribution is 2.34. The van der Waals surface area contributed by atoms with Crippen molar-refractivity contribution in [3.05, 3.63) is 35.4 Å². The zero-order chi connectivity index (χ0) is 9.38. The Morgan fingerprint density at radius 1 is 1.29 bits per heavy atom. The molecule has 0 radical (unpaired) electrons. The molecule has 1 fully saturated rings. The van der Waals surface area contributed by atoms with Crippen molar-refractivity contribution in [2.24, 2.45) is 0 Å². The third-order valence-electron chi connectivity index (χ3n) is 3.25. The monoisotopic (exact) mass is 189 g/mol. The number of hydrogen-bond donors (Lipinski definition) is 1. The van der Waals surface area contributed by atoms with Gasteiger partial charge in [-0.05, 0) is 17.5 Å². The van der Waals surface area contributed by atoms with Crippen LogP contribution in [0.5, 0.6) is 0 Å². The lowest BCUT2D eigenvalue weighted by atomic mass is 9.77. The van der Waals surface area contributed by atoms with Crippen LogP contribution < -0.4 is 5.32 Å². The highest BCUT2D eigenvalue weighted by Gasteiger charge is 2.27. The first kappa shape index (κ1) is 8.45. The lowest BCUT2D eigenvalue weighted by Crippen LogP contribution is -2.48. The molecule has 1 N–H and O–H groups in total. The van der Waals surface area contributed by atoms with Crippen molar-refractivity contribution in [3.63, 3.8) is 0 Å². The van der Waals surface area contributed by atoms with Crippen LogP contribution in [0.3, 0.4) is 0 Å². The van der Waals surface area contributed by atoms with E-state index in [0.29, 0.717) is 6.04 Å². The van der Waals surface area contributed by atoms with Crippen LogP contribution in [-0.2, 0) is 11.2 Å². The molecule has 0 aromatic heterocycles. The normalized spacial score (nSPS) is 25.0. The Morgan fingerprint density at radius 3 is 2.86 bits per heavy atom. The van der Waals surface area contributed by atoms with Crippen LogP contribution in [0.15, 0.2) is 24.3 Å². The van der Waals surface area contributed by atoms with Gasteiger partial charge < -0.3 is 10.1 Å². The molecule has 0 spiro atoms. The summed E-state index contributed by atoms with van der Waals surface area (Å²) >= 11 is 0. The molecule has 2 nitrogen and oxygen atoms in total. The molecular formula is C12H15NO. The number of hydrogen-bond acceptors (Lipinski definition) is 2. The van der Waals surface area contributed by atoms with Gasteiger partial charge in [0.05, 0.1) is 19.3 Å². The molecule has 2 aliphatic rings. The fourth-order valence-corrected chi connectivity index (χ4v) is 2.21. The van der Waals surface area contributed by atoms with Gasteiger partial charge in [0, 0.05) is 12.5 Å². The minimum atomic E-state index is 0.614. The molecule has 1 heterocycles. The van der Waals surface area contributed by atoms with Gasteiger partial charge in [-0.25, -0.2) is 0 Å². The van der Waals surface area contributed by atoms with E-state index in [9.17, 15) is 0 Å². The Kier molecular flexibility index (Phi) is 2.03. The van der Waals surface area contributed by atoms with Gasteiger partial charge in [-0.2, -0.15) is 0 Å². The number of fused-ring (bicyclic) bond motifs is 1. The van der Waals surface area contributed by atoms with Crippen molar-refractivity contribution in [1.29, 1.82) is 0 Å².